The van der Waals surface area contributed by atoms with Gasteiger partial charge in [0.1, 0.15) is 6.04 Å². The lowest BCUT2D eigenvalue weighted by atomic mass is 10.0. The van der Waals surface area contributed by atoms with Crippen LogP contribution >= 0.6 is 23.2 Å². The Morgan fingerprint density at radius 3 is 2.35 bits per heavy atom. The molecule has 0 saturated carbocycles. The van der Waals surface area contributed by atoms with Crippen LogP contribution in [0, 0.1) is 0 Å². The van der Waals surface area contributed by atoms with E-state index in [4.69, 9.17) is 28.2 Å². The summed E-state index contributed by atoms with van der Waals surface area (Å²) < 4.78 is 0. The molecular formula is C19H14Cl2N2. The zero-order chi connectivity index (χ0) is 16.1. The van der Waals surface area contributed by atoms with Crippen LogP contribution in [0.25, 0.3) is 0 Å². The fraction of sp³-hybridized carbons (Fsp3) is 0.0526. The van der Waals surface area contributed by atoms with Crippen LogP contribution in [-0.2, 0) is 0 Å². The number of hydrogen-bond donors (Lipinski definition) is 0. The molecule has 0 aliphatic rings. The summed E-state index contributed by atoms with van der Waals surface area (Å²) in [5, 5.41) is 1.05. The molecule has 1 heterocycles. The third kappa shape index (κ3) is 3.98. The van der Waals surface area contributed by atoms with Crippen molar-refractivity contribution in [1.82, 2.24) is 4.98 Å². The highest BCUT2D eigenvalue weighted by atomic mass is 35.5. The summed E-state index contributed by atoms with van der Waals surface area (Å²) in [7, 11) is 0. The molecule has 2 nitrogen and oxygen atoms in total. The standard InChI is InChI=1S/C19H14Cl2N2/c20-16-10-9-14(12-17(16)21)13-23-19(15-6-2-1-3-7-15)18-8-4-5-11-22-18/h1-13,19H. The molecule has 0 radical (unpaired) electrons. The summed E-state index contributed by atoms with van der Waals surface area (Å²) in [6.45, 7) is 0. The van der Waals surface area contributed by atoms with Crippen molar-refractivity contribution < 1.29 is 0 Å². The smallest absolute Gasteiger partial charge is 0.117 e. The molecule has 23 heavy (non-hydrogen) atoms. The summed E-state index contributed by atoms with van der Waals surface area (Å²) in [6, 6.07) is 21.2. The number of rotatable bonds is 4. The van der Waals surface area contributed by atoms with Gasteiger partial charge < -0.3 is 0 Å². The second-order valence-corrected chi connectivity index (χ2v) is 5.83. The maximum Gasteiger partial charge on any atom is 0.117 e. The molecule has 2 aromatic carbocycles. The van der Waals surface area contributed by atoms with Gasteiger partial charge in [-0.25, -0.2) is 0 Å². The van der Waals surface area contributed by atoms with Crippen molar-refractivity contribution in [3.8, 4) is 0 Å². The SMILES string of the molecule is Clc1ccc(C=NC(c2ccccc2)c2ccccn2)cc1Cl. The van der Waals surface area contributed by atoms with Gasteiger partial charge in [0.05, 0.1) is 15.7 Å². The zero-order valence-electron chi connectivity index (χ0n) is 12.2. The summed E-state index contributed by atoms with van der Waals surface area (Å²) in [5.74, 6) is 0. The Morgan fingerprint density at radius 1 is 0.870 bits per heavy atom. The van der Waals surface area contributed by atoms with Crippen molar-refractivity contribution in [2.24, 2.45) is 4.99 Å². The fourth-order valence-electron chi connectivity index (χ4n) is 2.26. The number of halogens is 2. The number of hydrogen-bond acceptors (Lipinski definition) is 2. The second-order valence-electron chi connectivity index (χ2n) is 5.02. The number of benzene rings is 2. The minimum atomic E-state index is -0.160. The van der Waals surface area contributed by atoms with Crippen molar-refractivity contribution >= 4 is 29.4 Å². The Morgan fingerprint density at radius 2 is 1.65 bits per heavy atom. The van der Waals surface area contributed by atoms with Crippen molar-refractivity contribution in [3.63, 3.8) is 0 Å². The van der Waals surface area contributed by atoms with Gasteiger partial charge in [-0.2, -0.15) is 0 Å². The first-order valence-corrected chi connectivity index (χ1v) is 7.94. The quantitative estimate of drug-likeness (QED) is 0.567. The summed E-state index contributed by atoms with van der Waals surface area (Å²) in [4.78, 5) is 9.15. The van der Waals surface area contributed by atoms with Gasteiger partial charge in [-0.05, 0) is 35.4 Å². The molecule has 3 rings (SSSR count). The first kappa shape index (κ1) is 15.7. The minimum absolute atomic E-state index is 0.160. The third-order valence-electron chi connectivity index (χ3n) is 3.40. The maximum atomic E-state index is 6.06. The third-order valence-corrected chi connectivity index (χ3v) is 4.14. The van der Waals surface area contributed by atoms with E-state index in [1.54, 1.807) is 24.5 Å². The van der Waals surface area contributed by atoms with Crippen molar-refractivity contribution in [2.75, 3.05) is 0 Å². The van der Waals surface area contributed by atoms with Crippen LogP contribution in [0.15, 0.2) is 77.9 Å². The van der Waals surface area contributed by atoms with E-state index in [2.05, 4.69) is 4.98 Å². The average Bonchev–Trinajstić information content (AvgIpc) is 2.60. The van der Waals surface area contributed by atoms with E-state index in [0.29, 0.717) is 10.0 Å². The van der Waals surface area contributed by atoms with E-state index in [1.165, 1.54) is 0 Å². The second kappa shape index (κ2) is 7.40. The molecule has 114 valence electrons. The van der Waals surface area contributed by atoms with E-state index in [0.717, 1.165) is 16.8 Å². The number of aliphatic imine (C=N–C) groups is 1. The molecule has 0 aliphatic heterocycles. The van der Waals surface area contributed by atoms with Gasteiger partial charge in [0.25, 0.3) is 0 Å². The molecule has 0 aliphatic carbocycles. The van der Waals surface area contributed by atoms with Gasteiger partial charge in [-0.1, -0.05) is 65.7 Å². The largest absolute Gasteiger partial charge is 0.278 e. The highest BCUT2D eigenvalue weighted by molar-refractivity contribution is 6.42. The minimum Gasteiger partial charge on any atom is -0.278 e. The lowest BCUT2D eigenvalue weighted by Crippen LogP contribution is -2.01. The Hall–Kier alpha value is -2.16. The Balaban J connectivity index is 1.96. The lowest BCUT2D eigenvalue weighted by molar-refractivity contribution is 0.835. The zero-order valence-corrected chi connectivity index (χ0v) is 13.7. The average molecular weight is 341 g/mol. The van der Waals surface area contributed by atoms with Gasteiger partial charge >= 0.3 is 0 Å². The molecule has 1 atom stereocenters. The van der Waals surface area contributed by atoms with Gasteiger partial charge in [-0.15, -0.1) is 0 Å². The van der Waals surface area contributed by atoms with E-state index in [1.807, 2.05) is 54.6 Å². The monoisotopic (exact) mass is 340 g/mol. The van der Waals surface area contributed by atoms with Gasteiger partial charge in [0.2, 0.25) is 0 Å². The summed E-state index contributed by atoms with van der Waals surface area (Å²) >= 11 is 12.0. The Labute approximate surface area is 145 Å². The van der Waals surface area contributed by atoms with Crippen molar-refractivity contribution in [2.45, 2.75) is 6.04 Å². The van der Waals surface area contributed by atoms with Crippen LogP contribution in [0.2, 0.25) is 10.0 Å². The Kier molecular flexibility index (Phi) is 5.06. The fourth-order valence-corrected chi connectivity index (χ4v) is 2.57. The van der Waals surface area contributed by atoms with E-state index in [-0.39, 0.29) is 6.04 Å². The molecular weight excluding hydrogens is 327 g/mol. The lowest BCUT2D eigenvalue weighted by Gasteiger charge is -2.12. The molecule has 1 unspecified atom stereocenters. The number of pyridine rings is 1. The Bertz CT molecular complexity index is 763. The molecule has 0 saturated heterocycles. The molecule has 0 spiro atoms. The summed E-state index contributed by atoms with van der Waals surface area (Å²) in [5.41, 5.74) is 2.88. The van der Waals surface area contributed by atoms with Crippen molar-refractivity contribution in [3.05, 3.63) is 99.8 Å². The highest BCUT2D eigenvalue weighted by Gasteiger charge is 2.12. The van der Waals surface area contributed by atoms with Crippen LogP contribution in [0.1, 0.15) is 22.9 Å². The predicted molar refractivity (Wildman–Crippen MR) is 96.6 cm³/mol. The topological polar surface area (TPSA) is 25.2 Å². The van der Waals surface area contributed by atoms with Crippen molar-refractivity contribution in [1.29, 1.82) is 0 Å². The number of aromatic nitrogens is 1. The van der Waals surface area contributed by atoms with Crippen LogP contribution in [0.4, 0.5) is 0 Å². The predicted octanol–water partition coefficient (Wildman–Crippen LogP) is 5.60. The number of nitrogens with zero attached hydrogens (tertiary/aromatic N) is 2. The molecule has 1 aromatic heterocycles. The van der Waals surface area contributed by atoms with Gasteiger partial charge in [0, 0.05) is 12.4 Å². The van der Waals surface area contributed by atoms with E-state index in [9.17, 15) is 0 Å². The van der Waals surface area contributed by atoms with Crippen LogP contribution in [0.3, 0.4) is 0 Å². The van der Waals surface area contributed by atoms with Crippen LogP contribution < -0.4 is 0 Å². The van der Waals surface area contributed by atoms with Gasteiger partial charge in [-0.3, -0.25) is 9.98 Å². The molecule has 3 aromatic rings. The maximum absolute atomic E-state index is 6.06. The van der Waals surface area contributed by atoms with E-state index >= 15 is 0 Å². The van der Waals surface area contributed by atoms with E-state index < -0.39 is 0 Å². The van der Waals surface area contributed by atoms with Crippen LogP contribution in [0.5, 0.6) is 0 Å². The molecule has 0 bridgehead atoms. The first-order chi connectivity index (χ1) is 11.2. The van der Waals surface area contributed by atoms with Gasteiger partial charge in [0.15, 0.2) is 0 Å². The normalized spacial score (nSPS) is 12.4. The summed E-state index contributed by atoms with van der Waals surface area (Å²) in [6.07, 6.45) is 3.58. The molecule has 4 heteroatoms. The molecule has 0 N–H and O–H groups in total. The molecule has 0 fully saturated rings. The first-order valence-electron chi connectivity index (χ1n) is 7.18. The highest BCUT2D eigenvalue weighted by Crippen LogP contribution is 2.25. The molecule has 0 amide bonds. The van der Waals surface area contributed by atoms with Crippen LogP contribution in [-0.4, -0.2) is 11.2 Å².